The number of anilines is 3. The molecule has 0 saturated carbocycles. The molecule has 0 aromatic heterocycles. The average molecular weight is 331 g/mol. The molecule has 0 spiro atoms. The van der Waals surface area contributed by atoms with Gasteiger partial charge >= 0.3 is 0 Å². The van der Waals surface area contributed by atoms with Gasteiger partial charge in [0.05, 0.1) is 21.5 Å². The van der Waals surface area contributed by atoms with Crippen molar-refractivity contribution < 1.29 is 13.2 Å². The van der Waals surface area contributed by atoms with Gasteiger partial charge in [-0.3, -0.25) is 0 Å². The molecule has 19 heavy (non-hydrogen) atoms. The summed E-state index contributed by atoms with van der Waals surface area (Å²) >= 11 is 2.98. The quantitative estimate of drug-likeness (QED) is 0.795. The molecule has 2 aromatic carbocycles. The van der Waals surface area contributed by atoms with Gasteiger partial charge in [0, 0.05) is 12.1 Å². The van der Waals surface area contributed by atoms with Crippen molar-refractivity contribution in [3.63, 3.8) is 0 Å². The lowest BCUT2D eigenvalue weighted by molar-refractivity contribution is 0.595. The fourth-order valence-electron chi connectivity index (χ4n) is 1.56. The lowest BCUT2D eigenvalue weighted by Crippen LogP contribution is -2.01. The number of hydrogen-bond acceptors (Lipinski definition) is 2. The normalized spacial score (nSPS) is 10.6. The number of hydrogen-bond donors (Lipinski definition) is 2. The first-order valence-electron chi connectivity index (χ1n) is 5.35. The molecular weight excluding hydrogens is 321 g/mol. The average Bonchev–Trinajstić information content (AvgIpc) is 2.32. The number of aryl methyl sites for hydroxylation is 1. The first-order chi connectivity index (χ1) is 8.88. The van der Waals surface area contributed by atoms with Crippen LogP contribution in [-0.2, 0) is 0 Å². The van der Waals surface area contributed by atoms with Crippen molar-refractivity contribution in [3.8, 4) is 0 Å². The van der Waals surface area contributed by atoms with Crippen LogP contribution >= 0.6 is 15.9 Å². The van der Waals surface area contributed by atoms with Crippen LogP contribution in [0, 0.1) is 24.4 Å². The third-order valence-corrected chi connectivity index (χ3v) is 3.22. The topological polar surface area (TPSA) is 38.0 Å². The molecule has 0 bridgehead atoms. The largest absolute Gasteiger partial charge is 0.397 e. The summed E-state index contributed by atoms with van der Waals surface area (Å²) in [5, 5.41) is 2.58. The second-order valence-electron chi connectivity index (χ2n) is 4.06. The number of nitrogens with one attached hydrogen (secondary N) is 1. The predicted molar refractivity (Wildman–Crippen MR) is 72.9 cm³/mol. The molecule has 0 saturated heterocycles. The summed E-state index contributed by atoms with van der Waals surface area (Å²) in [6.45, 7) is 1.45. The van der Waals surface area contributed by atoms with E-state index in [1.165, 1.54) is 13.0 Å². The molecule has 0 unspecified atom stereocenters. The molecule has 0 aliphatic carbocycles. The molecule has 0 amide bonds. The molecule has 100 valence electrons. The number of rotatable bonds is 2. The van der Waals surface area contributed by atoms with Crippen molar-refractivity contribution in [3.05, 3.63) is 51.8 Å². The maximum atomic E-state index is 13.7. The van der Waals surface area contributed by atoms with Gasteiger partial charge in [-0.1, -0.05) is 0 Å². The van der Waals surface area contributed by atoms with Gasteiger partial charge < -0.3 is 11.1 Å². The summed E-state index contributed by atoms with van der Waals surface area (Å²) in [7, 11) is 0. The van der Waals surface area contributed by atoms with Crippen LogP contribution in [0.25, 0.3) is 0 Å². The van der Waals surface area contributed by atoms with E-state index in [4.69, 9.17) is 5.73 Å². The van der Waals surface area contributed by atoms with Gasteiger partial charge in [-0.2, -0.15) is 0 Å². The van der Waals surface area contributed by atoms with Gasteiger partial charge in [-0.05, 0) is 40.5 Å². The Bertz CT molecular complexity index is 589. The summed E-state index contributed by atoms with van der Waals surface area (Å²) in [4.78, 5) is 0. The number of nitrogens with two attached hydrogens (primary N) is 1. The second-order valence-corrected chi connectivity index (χ2v) is 4.91. The summed E-state index contributed by atoms with van der Waals surface area (Å²) in [6.07, 6.45) is 0. The summed E-state index contributed by atoms with van der Waals surface area (Å²) in [5.41, 5.74) is 6.16. The fraction of sp³-hybridized carbons (Fsp3) is 0.0769. The van der Waals surface area contributed by atoms with Gasteiger partial charge in [0.25, 0.3) is 0 Å². The van der Waals surface area contributed by atoms with E-state index >= 15 is 0 Å². The van der Waals surface area contributed by atoms with Crippen LogP contribution in [0.3, 0.4) is 0 Å². The Morgan fingerprint density at radius 1 is 0.947 bits per heavy atom. The smallest absolute Gasteiger partial charge is 0.147 e. The van der Waals surface area contributed by atoms with Gasteiger partial charge in [0.15, 0.2) is 0 Å². The van der Waals surface area contributed by atoms with E-state index in [1.54, 1.807) is 0 Å². The molecular formula is C13H10BrF3N2. The van der Waals surface area contributed by atoms with E-state index in [2.05, 4.69) is 21.2 Å². The highest BCUT2D eigenvalue weighted by molar-refractivity contribution is 9.10. The lowest BCUT2D eigenvalue weighted by atomic mass is 10.2. The molecule has 0 fully saturated rings. The Morgan fingerprint density at radius 3 is 2.26 bits per heavy atom. The Kier molecular flexibility index (Phi) is 3.71. The zero-order chi connectivity index (χ0) is 14.2. The minimum atomic E-state index is -0.637. The minimum Gasteiger partial charge on any atom is -0.397 e. The van der Waals surface area contributed by atoms with Crippen LogP contribution in [0.4, 0.5) is 30.2 Å². The number of halogens is 4. The maximum absolute atomic E-state index is 13.7. The minimum absolute atomic E-state index is 0.100. The van der Waals surface area contributed by atoms with Gasteiger partial charge in [-0.25, -0.2) is 13.2 Å². The Balaban J connectivity index is 2.42. The molecule has 2 nitrogen and oxygen atoms in total. The van der Waals surface area contributed by atoms with Crippen molar-refractivity contribution in [2.75, 3.05) is 11.1 Å². The maximum Gasteiger partial charge on any atom is 0.147 e. The number of nitrogen functional groups attached to an aromatic ring is 1. The van der Waals surface area contributed by atoms with Gasteiger partial charge in [0.1, 0.15) is 17.5 Å². The van der Waals surface area contributed by atoms with Crippen LogP contribution in [0.15, 0.2) is 28.7 Å². The molecule has 6 heteroatoms. The molecule has 2 rings (SSSR count). The zero-order valence-corrected chi connectivity index (χ0v) is 11.5. The highest BCUT2D eigenvalue weighted by Gasteiger charge is 2.11. The van der Waals surface area contributed by atoms with E-state index < -0.39 is 17.5 Å². The Labute approximate surface area is 116 Å². The molecule has 0 heterocycles. The van der Waals surface area contributed by atoms with E-state index in [1.807, 2.05) is 0 Å². The standard InChI is InChI=1S/C13H10BrF3N2/c1-6-2-10(17)12(4-8(6)15)19-13-5-9(16)7(14)3-11(13)18/h2-5,19H,18H2,1H3. The van der Waals surface area contributed by atoms with E-state index in [-0.39, 0.29) is 27.1 Å². The molecule has 0 atom stereocenters. The van der Waals surface area contributed by atoms with E-state index in [0.29, 0.717) is 0 Å². The van der Waals surface area contributed by atoms with Crippen LogP contribution in [0.2, 0.25) is 0 Å². The van der Waals surface area contributed by atoms with Crippen LogP contribution in [0.5, 0.6) is 0 Å². The van der Waals surface area contributed by atoms with Crippen molar-refractivity contribution in [2.24, 2.45) is 0 Å². The van der Waals surface area contributed by atoms with Gasteiger partial charge in [0.2, 0.25) is 0 Å². The highest BCUT2D eigenvalue weighted by atomic mass is 79.9. The van der Waals surface area contributed by atoms with Crippen molar-refractivity contribution in [2.45, 2.75) is 6.92 Å². The molecule has 0 aliphatic rings. The van der Waals surface area contributed by atoms with Crippen molar-refractivity contribution in [1.82, 2.24) is 0 Å². The van der Waals surface area contributed by atoms with Crippen LogP contribution < -0.4 is 11.1 Å². The predicted octanol–water partition coefficient (Wildman–Crippen LogP) is 4.50. The highest BCUT2D eigenvalue weighted by Crippen LogP contribution is 2.30. The molecule has 0 radical (unpaired) electrons. The lowest BCUT2D eigenvalue weighted by Gasteiger charge is -2.12. The summed E-state index contributed by atoms with van der Waals surface area (Å²) in [6, 6.07) is 4.52. The molecule has 3 N–H and O–H groups in total. The first-order valence-corrected chi connectivity index (χ1v) is 6.15. The monoisotopic (exact) mass is 330 g/mol. The van der Waals surface area contributed by atoms with Crippen LogP contribution in [0.1, 0.15) is 5.56 Å². The van der Waals surface area contributed by atoms with E-state index in [0.717, 1.165) is 18.2 Å². The fourth-order valence-corrected chi connectivity index (χ4v) is 1.92. The molecule has 2 aromatic rings. The molecule has 0 aliphatic heterocycles. The Hall–Kier alpha value is -1.69. The second kappa shape index (κ2) is 5.13. The zero-order valence-electron chi connectivity index (χ0n) is 9.90. The van der Waals surface area contributed by atoms with E-state index in [9.17, 15) is 13.2 Å². The van der Waals surface area contributed by atoms with Crippen LogP contribution in [-0.4, -0.2) is 0 Å². The SMILES string of the molecule is Cc1cc(F)c(Nc2cc(F)c(Br)cc2N)cc1F. The van der Waals surface area contributed by atoms with Gasteiger partial charge in [-0.15, -0.1) is 0 Å². The Morgan fingerprint density at radius 2 is 1.58 bits per heavy atom. The van der Waals surface area contributed by atoms with Crippen molar-refractivity contribution >= 4 is 33.0 Å². The first kappa shape index (κ1) is 13.7. The third-order valence-electron chi connectivity index (χ3n) is 2.61. The number of benzene rings is 2. The summed E-state index contributed by atoms with van der Waals surface area (Å²) in [5.74, 6) is -1.74. The van der Waals surface area contributed by atoms with Crippen molar-refractivity contribution in [1.29, 1.82) is 0 Å². The third kappa shape index (κ3) is 2.84. The summed E-state index contributed by atoms with van der Waals surface area (Å²) < 4.78 is 40.6.